The van der Waals surface area contributed by atoms with Crippen LogP contribution >= 0.6 is 24.0 Å². The van der Waals surface area contributed by atoms with Crippen molar-refractivity contribution >= 4 is 29.9 Å². The molecule has 144 valence electrons. The van der Waals surface area contributed by atoms with Crippen molar-refractivity contribution in [3.63, 3.8) is 0 Å². The van der Waals surface area contributed by atoms with Crippen LogP contribution in [0, 0.1) is 0 Å². The summed E-state index contributed by atoms with van der Waals surface area (Å²) < 4.78 is 5.77. The first-order chi connectivity index (χ1) is 11.1. The summed E-state index contributed by atoms with van der Waals surface area (Å²) in [4.78, 5) is 9.10. The Morgan fingerprint density at radius 2 is 2.08 bits per heavy atom. The maximum absolute atomic E-state index is 5.77. The van der Waals surface area contributed by atoms with Gasteiger partial charge in [0, 0.05) is 32.7 Å². The number of rotatable bonds is 9. The molecule has 1 rings (SSSR count). The predicted molar refractivity (Wildman–Crippen MR) is 114 cm³/mol. The van der Waals surface area contributed by atoms with Crippen molar-refractivity contribution in [3.8, 4) is 0 Å². The summed E-state index contributed by atoms with van der Waals surface area (Å²) in [6.45, 7) is 13.7. The number of ether oxygens (including phenoxy) is 1. The van der Waals surface area contributed by atoms with E-state index in [2.05, 4.69) is 53.2 Å². The van der Waals surface area contributed by atoms with Crippen LogP contribution in [-0.2, 0) is 4.74 Å². The van der Waals surface area contributed by atoms with E-state index in [1.807, 2.05) is 7.05 Å². The minimum absolute atomic E-state index is 0. The Hall–Kier alpha value is -0.120. The molecule has 0 bridgehead atoms. The van der Waals surface area contributed by atoms with Crippen molar-refractivity contribution in [3.05, 3.63) is 0 Å². The van der Waals surface area contributed by atoms with Crippen LogP contribution in [0.25, 0.3) is 0 Å². The van der Waals surface area contributed by atoms with E-state index in [9.17, 15) is 0 Å². The van der Waals surface area contributed by atoms with Gasteiger partial charge in [-0.05, 0) is 46.4 Å². The summed E-state index contributed by atoms with van der Waals surface area (Å²) in [5.74, 6) is 0.872. The highest BCUT2D eigenvalue weighted by Gasteiger charge is 2.18. The van der Waals surface area contributed by atoms with Crippen LogP contribution in [0.2, 0.25) is 0 Å². The Bertz CT molecular complexity index is 339. The van der Waals surface area contributed by atoms with Crippen LogP contribution in [0.1, 0.15) is 33.6 Å². The molecule has 0 spiro atoms. The molecular weight excluding hydrogens is 417 g/mol. The average Bonchev–Trinajstić information content (AvgIpc) is 2.55. The van der Waals surface area contributed by atoms with Gasteiger partial charge in [-0.2, -0.15) is 0 Å². The molecule has 1 saturated heterocycles. The number of morpholine rings is 1. The Morgan fingerprint density at radius 3 is 2.67 bits per heavy atom. The van der Waals surface area contributed by atoms with Gasteiger partial charge in [0.1, 0.15) is 0 Å². The third-order valence-corrected chi connectivity index (χ3v) is 4.45. The number of hydrogen-bond acceptors (Lipinski definition) is 4. The highest BCUT2D eigenvalue weighted by atomic mass is 127. The first-order valence-electron chi connectivity index (χ1n) is 9.08. The Kier molecular flexibility index (Phi) is 14.0. The van der Waals surface area contributed by atoms with Crippen LogP contribution < -0.4 is 10.6 Å². The fourth-order valence-electron chi connectivity index (χ4n) is 2.86. The number of halogens is 1. The molecule has 7 heteroatoms. The van der Waals surface area contributed by atoms with Crippen molar-refractivity contribution in [2.45, 2.75) is 45.8 Å². The van der Waals surface area contributed by atoms with Crippen LogP contribution in [0.3, 0.4) is 0 Å². The lowest BCUT2D eigenvalue weighted by molar-refractivity contribution is -0.0161. The number of nitrogens with zero attached hydrogens (tertiary/aromatic N) is 3. The molecule has 2 N–H and O–H groups in total. The molecule has 0 aromatic carbocycles. The number of guanidine groups is 1. The SMILES string of the molecule is CCN(CC)CCCC(C)NC(=NC)NCC1CN(C)CCO1.I. The fourth-order valence-corrected chi connectivity index (χ4v) is 2.86. The predicted octanol–water partition coefficient (Wildman–Crippen LogP) is 1.61. The lowest BCUT2D eigenvalue weighted by Gasteiger charge is -2.30. The largest absolute Gasteiger partial charge is 0.374 e. The van der Waals surface area contributed by atoms with Crippen LogP contribution in [0.15, 0.2) is 4.99 Å². The van der Waals surface area contributed by atoms with E-state index in [4.69, 9.17) is 4.74 Å². The van der Waals surface area contributed by atoms with E-state index in [0.29, 0.717) is 6.04 Å². The second-order valence-corrected chi connectivity index (χ2v) is 6.42. The van der Waals surface area contributed by atoms with Gasteiger partial charge < -0.3 is 25.2 Å². The molecule has 0 saturated carbocycles. The van der Waals surface area contributed by atoms with Crippen molar-refractivity contribution in [1.29, 1.82) is 0 Å². The second kappa shape index (κ2) is 14.1. The van der Waals surface area contributed by atoms with Gasteiger partial charge >= 0.3 is 0 Å². The molecule has 0 amide bonds. The molecule has 1 aliphatic rings. The quantitative estimate of drug-likeness (QED) is 0.315. The molecular formula is C17H38IN5O. The summed E-state index contributed by atoms with van der Waals surface area (Å²) >= 11 is 0. The van der Waals surface area contributed by atoms with Crippen molar-refractivity contribution in [2.75, 3.05) is 60.0 Å². The first kappa shape index (κ1) is 23.9. The first-order valence-corrected chi connectivity index (χ1v) is 9.08. The molecule has 1 aliphatic heterocycles. The lowest BCUT2D eigenvalue weighted by atomic mass is 10.2. The summed E-state index contributed by atoms with van der Waals surface area (Å²) in [5.41, 5.74) is 0. The Balaban J connectivity index is 0.00000529. The summed E-state index contributed by atoms with van der Waals surface area (Å²) in [6, 6.07) is 0.423. The second-order valence-electron chi connectivity index (χ2n) is 6.42. The van der Waals surface area contributed by atoms with E-state index in [1.165, 1.54) is 13.0 Å². The number of likely N-dealkylation sites (N-methyl/N-ethyl adjacent to an activating group) is 1. The van der Waals surface area contributed by atoms with Crippen LogP contribution in [0.4, 0.5) is 0 Å². The van der Waals surface area contributed by atoms with Crippen molar-refractivity contribution in [2.24, 2.45) is 4.99 Å². The Labute approximate surface area is 165 Å². The molecule has 2 atom stereocenters. The standard InChI is InChI=1S/C17H37N5O.HI/c1-6-22(7-2)10-8-9-15(3)20-17(18-4)19-13-16-14-21(5)11-12-23-16;/h15-16H,6-14H2,1-5H3,(H2,18,19,20);1H. The maximum Gasteiger partial charge on any atom is 0.191 e. The average molecular weight is 455 g/mol. The number of hydrogen-bond donors (Lipinski definition) is 2. The van der Waals surface area contributed by atoms with Crippen molar-refractivity contribution < 1.29 is 4.74 Å². The van der Waals surface area contributed by atoms with Gasteiger partial charge in [-0.25, -0.2) is 0 Å². The van der Waals surface area contributed by atoms with E-state index in [0.717, 1.165) is 51.7 Å². The zero-order valence-corrected chi connectivity index (χ0v) is 18.5. The van der Waals surface area contributed by atoms with Crippen molar-refractivity contribution in [1.82, 2.24) is 20.4 Å². The number of aliphatic imine (C=N–C) groups is 1. The molecule has 0 radical (unpaired) electrons. The summed E-state index contributed by atoms with van der Waals surface area (Å²) in [6.07, 6.45) is 2.61. The summed E-state index contributed by atoms with van der Waals surface area (Å²) in [7, 11) is 3.96. The molecule has 24 heavy (non-hydrogen) atoms. The number of nitrogens with one attached hydrogen (secondary N) is 2. The van der Waals surface area contributed by atoms with E-state index in [-0.39, 0.29) is 30.1 Å². The van der Waals surface area contributed by atoms with E-state index < -0.39 is 0 Å². The van der Waals surface area contributed by atoms with Gasteiger partial charge in [-0.3, -0.25) is 4.99 Å². The zero-order valence-electron chi connectivity index (χ0n) is 16.2. The van der Waals surface area contributed by atoms with Gasteiger partial charge in [0.15, 0.2) is 5.96 Å². The fraction of sp³-hybridized carbons (Fsp3) is 0.941. The molecule has 6 nitrogen and oxygen atoms in total. The van der Waals surface area contributed by atoms with E-state index in [1.54, 1.807) is 0 Å². The zero-order chi connectivity index (χ0) is 17.1. The minimum Gasteiger partial charge on any atom is -0.374 e. The molecule has 0 aromatic heterocycles. The molecule has 0 aromatic rings. The molecule has 0 aliphatic carbocycles. The third kappa shape index (κ3) is 10.0. The highest BCUT2D eigenvalue weighted by molar-refractivity contribution is 14.0. The maximum atomic E-state index is 5.77. The third-order valence-electron chi connectivity index (χ3n) is 4.45. The van der Waals surface area contributed by atoms with Gasteiger partial charge in [0.25, 0.3) is 0 Å². The monoisotopic (exact) mass is 455 g/mol. The topological polar surface area (TPSA) is 52.1 Å². The lowest BCUT2D eigenvalue weighted by Crippen LogP contribution is -2.49. The summed E-state index contributed by atoms with van der Waals surface area (Å²) in [5, 5.41) is 6.87. The molecule has 1 fully saturated rings. The smallest absolute Gasteiger partial charge is 0.191 e. The van der Waals surface area contributed by atoms with Crippen LogP contribution in [-0.4, -0.2) is 87.9 Å². The van der Waals surface area contributed by atoms with E-state index >= 15 is 0 Å². The van der Waals surface area contributed by atoms with Gasteiger partial charge in [0.05, 0.1) is 12.7 Å². The Morgan fingerprint density at radius 1 is 1.38 bits per heavy atom. The van der Waals surface area contributed by atoms with Gasteiger partial charge in [-0.15, -0.1) is 24.0 Å². The van der Waals surface area contributed by atoms with Gasteiger partial charge in [0.2, 0.25) is 0 Å². The highest BCUT2D eigenvalue weighted by Crippen LogP contribution is 2.02. The minimum atomic E-state index is 0. The molecule has 1 heterocycles. The normalized spacial score (nSPS) is 20.6. The molecule has 2 unspecified atom stereocenters. The van der Waals surface area contributed by atoms with Gasteiger partial charge in [-0.1, -0.05) is 13.8 Å². The van der Waals surface area contributed by atoms with Crippen LogP contribution in [0.5, 0.6) is 0 Å².